The van der Waals surface area contributed by atoms with Gasteiger partial charge in [0.15, 0.2) is 5.76 Å². The molecule has 0 aliphatic heterocycles. The zero-order valence-electron chi connectivity index (χ0n) is 29.9. The molecule has 4 aromatic carbocycles. The number of rotatable bonds is 5. The van der Waals surface area contributed by atoms with Gasteiger partial charge in [-0.1, -0.05) is 68.8 Å². The molecule has 4 aromatic heterocycles. The third-order valence-corrected chi connectivity index (χ3v) is 8.82. The van der Waals surface area contributed by atoms with Gasteiger partial charge in [0.25, 0.3) is 0 Å². The van der Waals surface area contributed by atoms with Crippen molar-refractivity contribution < 1.29 is 24.5 Å². The molecule has 0 atom stereocenters. The number of hydrogen-bond acceptors (Lipinski definition) is 4. The van der Waals surface area contributed by atoms with Crippen molar-refractivity contribution in [3.63, 3.8) is 0 Å². The van der Waals surface area contributed by atoms with Crippen LogP contribution in [0.4, 0.5) is 0 Å². The van der Waals surface area contributed by atoms with Crippen LogP contribution in [-0.2, 0) is 25.5 Å². The first-order valence-electron chi connectivity index (χ1n) is 17.2. The van der Waals surface area contributed by atoms with E-state index in [-0.39, 0.29) is 25.5 Å². The average molecular weight is 854 g/mol. The van der Waals surface area contributed by atoms with Gasteiger partial charge in [0, 0.05) is 44.1 Å². The van der Waals surface area contributed by atoms with Crippen LogP contribution in [-0.4, -0.2) is 15.0 Å². The average Bonchev–Trinajstić information content (AvgIpc) is 3.59. The van der Waals surface area contributed by atoms with Crippen molar-refractivity contribution in [2.75, 3.05) is 0 Å². The summed E-state index contributed by atoms with van der Waals surface area (Å²) in [6, 6.07) is 50.0. The molecule has 0 spiro atoms. The maximum absolute atomic E-state index is 6.39. The van der Waals surface area contributed by atoms with E-state index >= 15 is 0 Å². The maximum atomic E-state index is 6.39. The first-order chi connectivity index (χ1) is 24.7. The van der Waals surface area contributed by atoms with Gasteiger partial charge in [0.2, 0.25) is 0 Å². The fourth-order valence-electron chi connectivity index (χ4n) is 6.06. The Morgan fingerprint density at radius 3 is 1.94 bits per heavy atom. The summed E-state index contributed by atoms with van der Waals surface area (Å²) in [5.41, 5.74) is 13.8. The zero-order chi connectivity index (χ0) is 35.4. The first-order valence-corrected chi connectivity index (χ1v) is 17.2. The fourth-order valence-corrected chi connectivity index (χ4v) is 6.06. The van der Waals surface area contributed by atoms with Crippen LogP contribution < -0.4 is 0 Å². The van der Waals surface area contributed by atoms with Gasteiger partial charge in [-0.15, -0.1) is 71.3 Å². The van der Waals surface area contributed by atoms with Gasteiger partial charge in [-0.25, -0.2) is 0 Å². The summed E-state index contributed by atoms with van der Waals surface area (Å²) < 4.78 is 6.39. The molecule has 0 N–H and O–H groups in total. The largest absolute Gasteiger partial charge is 0.454 e. The summed E-state index contributed by atoms with van der Waals surface area (Å²) in [5.74, 6) is 0.770. The van der Waals surface area contributed by atoms with Crippen molar-refractivity contribution in [1.29, 1.82) is 0 Å². The first kappa shape index (κ1) is 36.3. The normalized spacial score (nSPS) is 11.0. The number of furan rings is 1. The number of fused-ring (bicyclic) bond motifs is 1. The van der Waals surface area contributed by atoms with E-state index in [1.807, 2.05) is 73.1 Å². The van der Waals surface area contributed by atoms with E-state index in [4.69, 9.17) is 4.42 Å². The summed E-state index contributed by atoms with van der Waals surface area (Å²) in [6.07, 6.45) is 5.47. The van der Waals surface area contributed by atoms with Gasteiger partial charge in [0.1, 0.15) is 11.3 Å². The third-order valence-electron chi connectivity index (χ3n) is 8.82. The monoisotopic (exact) mass is 854 g/mol. The number of aryl methyl sites for hydroxylation is 2. The van der Waals surface area contributed by atoms with E-state index in [0.29, 0.717) is 0 Å². The van der Waals surface area contributed by atoms with E-state index in [9.17, 15) is 0 Å². The summed E-state index contributed by atoms with van der Waals surface area (Å²) in [6.45, 7) is 10.9. The van der Waals surface area contributed by atoms with Crippen molar-refractivity contribution in [3.8, 4) is 56.2 Å². The van der Waals surface area contributed by atoms with E-state index in [1.165, 1.54) is 11.1 Å². The van der Waals surface area contributed by atoms with Crippen molar-refractivity contribution in [2.45, 2.75) is 40.0 Å². The summed E-state index contributed by atoms with van der Waals surface area (Å²) in [4.78, 5) is 13.4. The molecule has 0 fully saturated rings. The van der Waals surface area contributed by atoms with Gasteiger partial charge >= 0.3 is 0 Å². The van der Waals surface area contributed by atoms with Crippen LogP contribution in [0.1, 0.15) is 37.5 Å². The van der Waals surface area contributed by atoms with Crippen LogP contribution in [0.5, 0.6) is 0 Å². The summed E-state index contributed by atoms with van der Waals surface area (Å²) >= 11 is 0. The van der Waals surface area contributed by atoms with E-state index in [2.05, 4.69) is 128 Å². The van der Waals surface area contributed by atoms with Crippen molar-refractivity contribution in [2.24, 2.45) is 0 Å². The molecular formula is C47H39IrN3O-2. The Morgan fingerprint density at radius 1 is 0.538 bits per heavy atom. The minimum atomic E-state index is 0. The van der Waals surface area contributed by atoms with Crippen LogP contribution in [0.25, 0.3) is 67.2 Å². The minimum absolute atomic E-state index is 0. The van der Waals surface area contributed by atoms with Crippen molar-refractivity contribution >= 4 is 11.0 Å². The summed E-state index contributed by atoms with van der Waals surface area (Å²) in [7, 11) is 0. The molecule has 4 heterocycles. The van der Waals surface area contributed by atoms with Crippen LogP contribution in [0.2, 0.25) is 0 Å². The van der Waals surface area contributed by atoms with Crippen LogP contribution in [0.3, 0.4) is 0 Å². The second kappa shape index (κ2) is 15.8. The molecule has 8 aromatic rings. The van der Waals surface area contributed by atoms with Gasteiger partial charge in [0.05, 0.1) is 0 Å². The molecular weight excluding hydrogens is 815 g/mol. The Morgan fingerprint density at radius 2 is 1.23 bits per heavy atom. The smallest absolute Gasteiger partial charge is 0.153 e. The Labute approximate surface area is 320 Å². The second-order valence-corrected chi connectivity index (χ2v) is 13.8. The molecule has 0 unspecified atom stereocenters. The SMILES string of the molecule is Cc1ccnc(-c2[c-]ccc(-c3cc4cc(-c5cc(C)ccn5)oc4cc3-c3cccc(C(C)(C)C)c3)c2)c1.[Ir].[c-]1ccccc1-c1ccccn1. The van der Waals surface area contributed by atoms with Gasteiger partial charge in [-0.2, -0.15) is 0 Å². The fraction of sp³-hybridized carbons (Fsp3) is 0.128. The maximum Gasteiger partial charge on any atom is 0.153 e. The molecule has 0 saturated carbocycles. The Bertz CT molecular complexity index is 2390. The standard InChI is InChI=1S/C36H31N2O.C11H8N.Ir/c1-23-12-14-37-32(16-23)27-10-6-8-25(18-27)30-20-28-21-35(33-17-24(2)13-15-38-33)39-34(28)22-31(30)26-9-7-11-29(19-26)36(3,4)5;1-2-6-10(7-3-1)11-8-4-5-9-12-11;/h6-9,11-22H,1-5H3;1-6,8-9H;/q2*-1;. The number of hydrogen-bond donors (Lipinski definition) is 0. The number of aromatic nitrogens is 3. The van der Waals surface area contributed by atoms with Crippen LogP contribution >= 0.6 is 0 Å². The Kier molecular flexibility index (Phi) is 11.0. The van der Waals surface area contributed by atoms with E-state index in [0.717, 1.165) is 72.8 Å². The summed E-state index contributed by atoms with van der Waals surface area (Å²) in [5, 5.41) is 1.04. The quantitative estimate of drug-likeness (QED) is 0.162. The minimum Gasteiger partial charge on any atom is -0.454 e. The molecule has 4 nitrogen and oxygen atoms in total. The molecule has 0 aliphatic carbocycles. The molecule has 0 aliphatic rings. The van der Waals surface area contributed by atoms with Crippen LogP contribution in [0.15, 0.2) is 150 Å². The van der Waals surface area contributed by atoms with Crippen LogP contribution in [0, 0.1) is 26.0 Å². The number of pyridine rings is 3. The topological polar surface area (TPSA) is 51.8 Å². The molecule has 5 heteroatoms. The molecule has 8 rings (SSSR count). The molecule has 1 radical (unpaired) electrons. The Balaban J connectivity index is 0.000000302. The van der Waals surface area contributed by atoms with Crippen molar-refractivity contribution in [1.82, 2.24) is 15.0 Å². The van der Waals surface area contributed by atoms with Gasteiger partial charge in [-0.05, 0) is 101 Å². The van der Waals surface area contributed by atoms with Gasteiger partial charge < -0.3 is 14.4 Å². The predicted octanol–water partition coefficient (Wildman–Crippen LogP) is 12.2. The number of nitrogens with zero attached hydrogens (tertiary/aromatic N) is 3. The third kappa shape index (κ3) is 8.34. The zero-order valence-corrected chi connectivity index (χ0v) is 32.3. The molecule has 52 heavy (non-hydrogen) atoms. The number of benzene rings is 4. The van der Waals surface area contributed by atoms with E-state index < -0.39 is 0 Å². The predicted molar refractivity (Wildman–Crippen MR) is 209 cm³/mol. The molecule has 259 valence electrons. The van der Waals surface area contributed by atoms with E-state index in [1.54, 1.807) is 6.20 Å². The van der Waals surface area contributed by atoms with Gasteiger partial charge in [-0.3, -0.25) is 4.98 Å². The van der Waals surface area contributed by atoms with Crippen molar-refractivity contribution in [3.05, 3.63) is 175 Å². The Hall–Kier alpha value is -5.48. The molecule has 0 saturated heterocycles. The molecule has 0 bridgehead atoms. The molecule has 0 amide bonds. The second-order valence-electron chi connectivity index (χ2n) is 13.8.